The van der Waals surface area contributed by atoms with Crippen LogP contribution in [0.1, 0.15) is 27.4 Å². The maximum atomic E-state index is 12.5. The summed E-state index contributed by atoms with van der Waals surface area (Å²) in [6.45, 7) is 4.71. The zero-order chi connectivity index (χ0) is 21.1. The van der Waals surface area contributed by atoms with Gasteiger partial charge >= 0.3 is 0 Å². The number of halogens is 1. The third-order valence-electron chi connectivity index (χ3n) is 5.16. The number of fused-ring (bicyclic) bond motifs is 1. The Labute approximate surface area is 184 Å². The Morgan fingerprint density at radius 1 is 1.17 bits per heavy atom. The monoisotopic (exact) mass is 449 g/mol. The number of likely N-dealkylation sites (tertiary alicyclic amines) is 1. The van der Waals surface area contributed by atoms with E-state index in [2.05, 4.69) is 15.5 Å². The van der Waals surface area contributed by atoms with E-state index in [0.29, 0.717) is 35.4 Å². The second-order valence-corrected chi connectivity index (χ2v) is 9.15. The SMILES string of the molecule is Cc1ccc(C(=O)NC2CCN(CC(=O)Nc3cc4c(cc3Cl)OCCO4)CC2)s1. The Morgan fingerprint density at radius 2 is 1.87 bits per heavy atom. The van der Waals surface area contributed by atoms with E-state index in [4.69, 9.17) is 21.1 Å². The highest BCUT2D eigenvalue weighted by atomic mass is 35.5. The molecule has 4 rings (SSSR count). The number of anilines is 1. The van der Waals surface area contributed by atoms with Gasteiger partial charge in [0.1, 0.15) is 13.2 Å². The van der Waals surface area contributed by atoms with Gasteiger partial charge in [-0.05, 0) is 31.9 Å². The molecule has 3 heterocycles. The van der Waals surface area contributed by atoms with Crippen molar-refractivity contribution < 1.29 is 19.1 Å². The molecule has 2 N–H and O–H groups in total. The fourth-order valence-corrected chi connectivity index (χ4v) is 4.57. The lowest BCUT2D eigenvalue weighted by Gasteiger charge is -2.31. The van der Waals surface area contributed by atoms with E-state index >= 15 is 0 Å². The number of hydrogen-bond acceptors (Lipinski definition) is 6. The van der Waals surface area contributed by atoms with Gasteiger partial charge in [-0.25, -0.2) is 0 Å². The Hall–Kier alpha value is -2.29. The molecule has 1 aromatic heterocycles. The number of carbonyl (C=O) groups excluding carboxylic acids is 2. The minimum atomic E-state index is -0.134. The molecule has 0 aliphatic carbocycles. The number of amides is 2. The molecular weight excluding hydrogens is 426 g/mol. The molecule has 1 saturated heterocycles. The van der Waals surface area contributed by atoms with E-state index < -0.39 is 0 Å². The number of thiophene rings is 1. The Bertz CT molecular complexity index is 940. The second kappa shape index (κ2) is 9.24. The molecule has 2 amide bonds. The van der Waals surface area contributed by atoms with Crippen molar-refractivity contribution in [3.05, 3.63) is 39.0 Å². The maximum absolute atomic E-state index is 12.5. The van der Waals surface area contributed by atoms with Crippen molar-refractivity contribution in [3.8, 4) is 11.5 Å². The van der Waals surface area contributed by atoms with Crippen LogP contribution < -0.4 is 20.1 Å². The molecule has 0 spiro atoms. The van der Waals surface area contributed by atoms with Crippen LogP contribution in [0, 0.1) is 6.92 Å². The lowest BCUT2D eigenvalue weighted by molar-refractivity contribution is -0.117. The third-order valence-corrected chi connectivity index (χ3v) is 6.47. The van der Waals surface area contributed by atoms with Gasteiger partial charge < -0.3 is 20.1 Å². The van der Waals surface area contributed by atoms with E-state index in [1.807, 2.05) is 19.1 Å². The minimum Gasteiger partial charge on any atom is -0.486 e. The van der Waals surface area contributed by atoms with Gasteiger partial charge in [0.15, 0.2) is 11.5 Å². The number of aryl methyl sites for hydroxylation is 1. The van der Waals surface area contributed by atoms with Crippen LogP contribution in [-0.2, 0) is 4.79 Å². The van der Waals surface area contributed by atoms with Gasteiger partial charge in [-0.1, -0.05) is 11.6 Å². The molecule has 160 valence electrons. The first kappa shape index (κ1) is 21.0. The first-order valence-corrected chi connectivity index (χ1v) is 11.2. The maximum Gasteiger partial charge on any atom is 0.261 e. The first-order valence-electron chi connectivity index (χ1n) is 9.96. The zero-order valence-corrected chi connectivity index (χ0v) is 18.3. The molecule has 0 atom stereocenters. The first-order chi connectivity index (χ1) is 14.5. The van der Waals surface area contributed by atoms with E-state index in [1.165, 1.54) is 11.3 Å². The number of nitrogens with one attached hydrogen (secondary N) is 2. The topological polar surface area (TPSA) is 79.9 Å². The summed E-state index contributed by atoms with van der Waals surface area (Å²) in [6, 6.07) is 7.30. The molecule has 0 radical (unpaired) electrons. The molecule has 9 heteroatoms. The number of hydrogen-bond donors (Lipinski definition) is 2. The molecule has 1 aromatic carbocycles. The normalized spacial score (nSPS) is 16.9. The van der Waals surface area contributed by atoms with Crippen molar-refractivity contribution in [2.45, 2.75) is 25.8 Å². The number of nitrogens with zero attached hydrogens (tertiary/aromatic N) is 1. The van der Waals surface area contributed by atoms with Crippen LogP contribution in [0.15, 0.2) is 24.3 Å². The van der Waals surface area contributed by atoms with Gasteiger partial charge in [-0.3, -0.25) is 14.5 Å². The highest BCUT2D eigenvalue weighted by Crippen LogP contribution is 2.37. The van der Waals surface area contributed by atoms with Gasteiger partial charge in [0.2, 0.25) is 5.91 Å². The summed E-state index contributed by atoms with van der Waals surface area (Å²) < 4.78 is 11.0. The summed E-state index contributed by atoms with van der Waals surface area (Å²) >= 11 is 7.77. The average molecular weight is 450 g/mol. The fourth-order valence-electron chi connectivity index (χ4n) is 3.60. The number of rotatable bonds is 5. The van der Waals surface area contributed by atoms with E-state index in [1.54, 1.807) is 12.1 Å². The highest BCUT2D eigenvalue weighted by Gasteiger charge is 2.23. The lowest BCUT2D eigenvalue weighted by Crippen LogP contribution is -2.46. The van der Waals surface area contributed by atoms with Gasteiger partial charge in [0.25, 0.3) is 5.91 Å². The van der Waals surface area contributed by atoms with Crippen molar-refractivity contribution in [1.29, 1.82) is 0 Å². The Balaban J connectivity index is 1.25. The molecule has 2 aromatic rings. The molecule has 1 fully saturated rings. The quantitative estimate of drug-likeness (QED) is 0.732. The summed E-state index contributed by atoms with van der Waals surface area (Å²) in [5.74, 6) is 1.02. The number of benzene rings is 1. The van der Waals surface area contributed by atoms with Crippen molar-refractivity contribution in [2.75, 3.05) is 38.2 Å². The number of piperidine rings is 1. The summed E-state index contributed by atoms with van der Waals surface area (Å²) in [5.41, 5.74) is 0.513. The molecule has 2 aliphatic heterocycles. The number of carbonyl (C=O) groups is 2. The molecule has 7 nitrogen and oxygen atoms in total. The van der Waals surface area contributed by atoms with Gasteiger partial charge in [0.05, 0.1) is 22.1 Å². The van der Waals surface area contributed by atoms with Crippen LogP contribution >= 0.6 is 22.9 Å². The lowest BCUT2D eigenvalue weighted by atomic mass is 10.0. The molecular formula is C21H24ClN3O4S. The Kier molecular flexibility index (Phi) is 6.46. The zero-order valence-electron chi connectivity index (χ0n) is 16.7. The third kappa shape index (κ3) is 5.06. The van der Waals surface area contributed by atoms with Crippen molar-refractivity contribution in [3.63, 3.8) is 0 Å². The minimum absolute atomic E-state index is 0.0162. The largest absolute Gasteiger partial charge is 0.486 e. The summed E-state index contributed by atoms with van der Waals surface area (Å²) in [5, 5.41) is 6.37. The Morgan fingerprint density at radius 3 is 2.53 bits per heavy atom. The van der Waals surface area contributed by atoms with Crippen LogP contribution in [-0.4, -0.2) is 55.6 Å². The van der Waals surface area contributed by atoms with Crippen LogP contribution in [0.5, 0.6) is 11.5 Å². The van der Waals surface area contributed by atoms with Gasteiger partial charge in [0, 0.05) is 36.1 Å². The average Bonchev–Trinajstić information content (AvgIpc) is 3.16. The highest BCUT2D eigenvalue weighted by molar-refractivity contribution is 7.13. The summed E-state index contributed by atoms with van der Waals surface area (Å²) in [6.07, 6.45) is 1.63. The van der Waals surface area contributed by atoms with Crippen molar-refractivity contribution >= 4 is 40.4 Å². The van der Waals surface area contributed by atoms with Crippen LogP contribution in [0.25, 0.3) is 0 Å². The molecule has 0 bridgehead atoms. The van der Waals surface area contributed by atoms with E-state index in [-0.39, 0.29) is 24.4 Å². The van der Waals surface area contributed by atoms with Crippen LogP contribution in [0.3, 0.4) is 0 Å². The smallest absolute Gasteiger partial charge is 0.261 e. The molecule has 30 heavy (non-hydrogen) atoms. The van der Waals surface area contributed by atoms with Gasteiger partial charge in [-0.2, -0.15) is 0 Å². The predicted octanol–water partition coefficient (Wildman–Crippen LogP) is 3.31. The summed E-state index contributed by atoms with van der Waals surface area (Å²) in [7, 11) is 0. The van der Waals surface area contributed by atoms with E-state index in [9.17, 15) is 9.59 Å². The standard InChI is InChI=1S/C21H24ClN3O4S/c1-13-2-3-19(30-13)21(27)23-14-4-6-25(7-5-14)12-20(26)24-16-11-18-17(10-15(16)22)28-8-9-29-18/h2-3,10-11,14H,4-9,12H2,1H3,(H,23,27)(H,24,26). The van der Waals surface area contributed by atoms with Crippen molar-refractivity contribution in [2.24, 2.45) is 0 Å². The number of ether oxygens (including phenoxy) is 2. The molecule has 0 unspecified atom stereocenters. The summed E-state index contributed by atoms with van der Waals surface area (Å²) in [4.78, 5) is 28.8. The van der Waals surface area contributed by atoms with Gasteiger partial charge in [-0.15, -0.1) is 11.3 Å². The van der Waals surface area contributed by atoms with Crippen LogP contribution in [0.4, 0.5) is 5.69 Å². The van der Waals surface area contributed by atoms with Crippen molar-refractivity contribution in [1.82, 2.24) is 10.2 Å². The molecule has 0 saturated carbocycles. The second-order valence-electron chi connectivity index (χ2n) is 7.46. The fraction of sp³-hybridized carbons (Fsp3) is 0.429. The predicted molar refractivity (Wildman–Crippen MR) is 117 cm³/mol. The van der Waals surface area contributed by atoms with Crippen LogP contribution in [0.2, 0.25) is 5.02 Å². The molecule has 2 aliphatic rings. The van der Waals surface area contributed by atoms with E-state index in [0.717, 1.165) is 35.7 Å².